The van der Waals surface area contributed by atoms with Gasteiger partial charge in [-0.1, -0.05) is 6.07 Å². The Kier molecular flexibility index (Phi) is 5.24. The van der Waals surface area contributed by atoms with Gasteiger partial charge in [-0.25, -0.2) is 12.8 Å². The monoisotopic (exact) mass is 377 g/mol. The second-order valence-corrected chi connectivity index (χ2v) is 7.79. The van der Waals surface area contributed by atoms with Gasteiger partial charge in [-0.05, 0) is 48.9 Å². The molecule has 1 heterocycles. The van der Waals surface area contributed by atoms with E-state index in [1.807, 2.05) is 0 Å². The summed E-state index contributed by atoms with van der Waals surface area (Å²) < 4.78 is 40.9. The molecule has 0 unspecified atom stereocenters. The number of rotatable bonds is 4. The van der Waals surface area contributed by atoms with E-state index in [0.717, 1.165) is 13.1 Å². The minimum atomic E-state index is -3.90. The van der Waals surface area contributed by atoms with E-state index < -0.39 is 15.8 Å². The number of carbonyl (C=O) groups excluding carboxylic acids is 1. The maximum absolute atomic E-state index is 13.0. The van der Waals surface area contributed by atoms with E-state index in [1.165, 1.54) is 30.3 Å². The fourth-order valence-corrected chi connectivity index (χ4v) is 4.13. The highest BCUT2D eigenvalue weighted by atomic mass is 32.2. The number of hydrogen-bond acceptors (Lipinski definition) is 4. The maximum Gasteiger partial charge on any atom is 0.262 e. The zero-order valence-electron chi connectivity index (χ0n) is 14.3. The Labute approximate surface area is 152 Å². The summed E-state index contributed by atoms with van der Waals surface area (Å²) in [5.41, 5.74) is 1.11. The van der Waals surface area contributed by atoms with Crippen LogP contribution in [0.3, 0.4) is 0 Å². The van der Waals surface area contributed by atoms with Crippen molar-refractivity contribution in [1.82, 2.24) is 10.2 Å². The molecule has 8 heteroatoms. The lowest BCUT2D eigenvalue weighted by atomic mass is 10.1. The first-order valence-corrected chi connectivity index (χ1v) is 9.74. The van der Waals surface area contributed by atoms with E-state index in [0.29, 0.717) is 24.2 Å². The van der Waals surface area contributed by atoms with Gasteiger partial charge in [0.25, 0.3) is 15.9 Å². The molecule has 3 rings (SSSR count). The Hall–Kier alpha value is -2.45. The second-order valence-electron chi connectivity index (χ2n) is 6.13. The molecule has 1 saturated heterocycles. The van der Waals surface area contributed by atoms with Crippen molar-refractivity contribution >= 4 is 21.6 Å². The van der Waals surface area contributed by atoms with Crippen molar-refractivity contribution in [1.29, 1.82) is 0 Å². The molecule has 0 atom stereocenters. The van der Waals surface area contributed by atoms with Crippen LogP contribution in [-0.4, -0.2) is 45.4 Å². The van der Waals surface area contributed by atoms with Crippen LogP contribution in [0.15, 0.2) is 47.4 Å². The third-order valence-corrected chi connectivity index (χ3v) is 5.75. The lowest BCUT2D eigenvalue weighted by Crippen LogP contribution is -2.46. The first-order valence-electron chi connectivity index (χ1n) is 8.26. The lowest BCUT2D eigenvalue weighted by molar-refractivity contribution is 0.0735. The van der Waals surface area contributed by atoms with Gasteiger partial charge in [-0.15, -0.1) is 0 Å². The van der Waals surface area contributed by atoms with E-state index in [1.54, 1.807) is 24.0 Å². The smallest absolute Gasteiger partial charge is 0.262 e. The van der Waals surface area contributed by atoms with Gasteiger partial charge in [0.1, 0.15) is 5.82 Å². The van der Waals surface area contributed by atoms with Gasteiger partial charge >= 0.3 is 0 Å². The number of anilines is 1. The van der Waals surface area contributed by atoms with Gasteiger partial charge < -0.3 is 10.2 Å². The van der Waals surface area contributed by atoms with Crippen LogP contribution in [0.2, 0.25) is 0 Å². The van der Waals surface area contributed by atoms with Gasteiger partial charge in [-0.3, -0.25) is 9.52 Å². The zero-order valence-corrected chi connectivity index (χ0v) is 15.1. The quantitative estimate of drug-likeness (QED) is 0.854. The van der Waals surface area contributed by atoms with E-state index in [-0.39, 0.29) is 16.5 Å². The Morgan fingerprint density at radius 1 is 1.12 bits per heavy atom. The number of carbonyl (C=O) groups is 1. The number of nitrogens with one attached hydrogen (secondary N) is 2. The summed E-state index contributed by atoms with van der Waals surface area (Å²) in [5, 5.41) is 3.17. The molecule has 0 aromatic heterocycles. The van der Waals surface area contributed by atoms with Gasteiger partial charge in [0.05, 0.1) is 4.90 Å². The normalized spacial score (nSPS) is 14.9. The van der Waals surface area contributed by atoms with E-state index in [9.17, 15) is 17.6 Å². The topological polar surface area (TPSA) is 78.5 Å². The molecule has 2 aromatic carbocycles. The lowest BCUT2D eigenvalue weighted by Gasteiger charge is -2.27. The number of benzene rings is 2. The minimum Gasteiger partial charge on any atom is -0.336 e. The molecule has 2 N–H and O–H groups in total. The average Bonchev–Trinajstić information content (AvgIpc) is 2.64. The number of halogens is 1. The number of nitrogens with zero attached hydrogens (tertiary/aromatic N) is 1. The van der Waals surface area contributed by atoms with Crippen LogP contribution in [0.4, 0.5) is 10.1 Å². The molecule has 26 heavy (non-hydrogen) atoms. The molecule has 2 aromatic rings. The van der Waals surface area contributed by atoms with E-state index in [2.05, 4.69) is 10.0 Å². The largest absolute Gasteiger partial charge is 0.336 e. The number of sulfonamides is 1. The summed E-state index contributed by atoms with van der Waals surface area (Å²) in [7, 11) is -3.90. The van der Waals surface area contributed by atoms with E-state index >= 15 is 0 Å². The van der Waals surface area contributed by atoms with Crippen molar-refractivity contribution in [3.05, 3.63) is 59.4 Å². The average molecular weight is 377 g/mol. The zero-order chi connectivity index (χ0) is 18.7. The molecular weight excluding hydrogens is 357 g/mol. The van der Waals surface area contributed by atoms with Crippen molar-refractivity contribution in [2.45, 2.75) is 11.8 Å². The molecule has 0 bridgehead atoms. The highest BCUT2D eigenvalue weighted by molar-refractivity contribution is 7.92. The summed E-state index contributed by atoms with van der Waals surface area (Å²) in [5.74, 6) is -0.641. The predicted octanol–water partition coefficient (Wildman–Crippen LogP) is 1.98. The standard InChI is InChI=1S/C18H20FN3O3S/c1-13-2-3-14(18(23)22-10-8-20-9-11-22)12-17(13)26(24,25)21-16-6-4-15(19)5-7-16/h2-7,12,20-21H,8-11H2,1H3. The van der Waals surface area contributed by atoms with Crippen LogP contribution in [0.5, 0.6) is 0 Å². The molecular formula is C18H20FN3O3S. The molecule has 1 aliphatic rings. The number of hydrogen-bond donors (Lipinski definition) is 2. The minimum absolute atomic E-state index is 0.0304. The Morgan fingerprint density at radius 3 is 2.42 bits per heavy atom. The summed E-state index contributed by atoms with van der Waals surface area (Å²) in [6, 6.07) is 9.69. The molecule has 1 aliphatic heterocycles. The van der Waals surface area contributed by atoms with Crippen LogP contribution in [-0.2, 0) is 10.0 Å². The fraction of sp³-hybridized carbons (Fsp3) is 0.278. The summed E-state index contributed by atoms with van der Waals surface area (Å²) in [6.07, 6.45) is 0. The van der Waals surface area contributed by atoms with E-state index in [4.69, 9.17) is 0 Å². The predicted molar refractivity (Wildman–Crippen MR) is 97.2 cm³/mol. The first kappa shape index (κ1) is 18.3. The summed E-state index contributed by atoms with van der Waals surface area (Å²) >= 11 is 0. The fourth-order valence-electron chi connectivity index (χ4n) is 2.80. The molecule has 138 valence electrons. The van der Waals surface area contributed by atoms with Crippen molar-refractivity contribution in [3.63, 3.8) is 0 Å². The molecule has 0 saturated carbocycles. The summed E-state index contributed by atoms with van der Waals surface area (Å²) in [6.45, 7) is 4.27. The van der Waals surface area contributed by atoms with Gasteiger partial charge in [0, 0.05) is 37.4 Å². The molecule has 0 spiro atoms. The SMILES string of the molecule is Cc1ccc(C(=O)N2CCNCC2)cc1S(=O)(=O)Nc1ccc(F)cc1. The highest BCUT2D eigenvalue weighted by Crippen LogP contribution is 2.22. The third-order valence-electron chi connectivity index (χ3n) is 4.23. The van der Waals surface area contributed by atoms with Gasteiger partial charge in [0.2, 0.25) is 0 Å². The number of piperazine rings is 1. The second kappa shape index (κ2) is 7.43. The Bertz CT molecular complexity index is 908. The van der Waals surface area contributed by atoms with Crippen LogP contribution in [0.25, 0.3) is 0 Å². The molecule has 0 aliphatic carbocycles. The maximum atomic E-state index is 13.0. The van der Waals surface area contributed by atoms with Crippen LogP contribution in [0, 0.1) is 12.7 Å². The Balaban J connectivity index is 1.88. The molecule has 0 radical (unpaired) electrons. The van der Waals surface area contributed by atoms with Crippen molar-refractivity contribution in [2.24, 2.45) is 0 Å². The van der Waals surface area contributed by atoms with Crippen molar-refractivity contribution in [2.75, 3.05) is 30.9 Å². The molecule has 6 nitrogen and oxygen atoms in total. The third kappa shape index (κ3) is 4.03. The van der Waals surface area contributed by atoms with Crippen molar-refractivity contribution in [3.8, 4) is 0 Å². The highest BCUT2D eigenvalue weighted by Gasteiger charge is 2.22. The summed E-state index contributed by atoms with van der Waals surface area (Å²) in [4.78, 5) is 14.4. The Morgan fingerprint density at radius 2 is 1.77 bits per heavy atom. The van der Waals surface area contributed by atoms with Gasteiger partial charge in [0.15, 0.2) is 0 Å². The molecule has 1 fully saturated rings. The number of aryl methyl sites for hydroxylation is 1. The number of amides is 1. The molecule has 1 amide bonds. The first-order chi connectivity index (χ1) is 12.4. The van der Waals surface area contributed by atoms with Crippen LogP contribution < -0.4 is 10.0 Å². The van der Waals surface area contributed by atoms with Crippen molar-refractivity contribution < 1.29 is 17.6 Å². The van der Waals surface area contributed by atoms with Crippen LogP contribution in [0.1, 0.15) is 15.9 Å². The van der Waals surface area contributed by atoms with Gasteiger partial charge in [-0.2, -0.15) is 0 Å². The van der Waals surface area contributed by atoms with Crippen LogP contribution >= 0.6 is 0 Å².